The van der Waals surface area contributed by atoms with Crippen molar-refractivity contribution in [3.63, 3.8) is 0 Å². The van der Waals surface area contributed by atoms with Gasteiger partial charge in [0.2, 0.25) is 17.8 Å². The van der Waals surface area contributed by atoms with Crippen LogP contribution in [0.1, 0.15) is 56.6 Å². The Morgan fingerprint density at radius 2 is 1.74 bits per heavy atom. The summed E-state index contributed by atoms with van der Waals surface area (Å²) in [7, 11) is 0. The van der Waals surface area contributed by atoms with Gasteiger partial charge >= 0.3 is 0 Å². The Hall–Kier alpha value is -3.85. The third-order valence-electron chi connectivity index (χ3n) is 7.25. The van der Waals surface area contributed by atoms with Crippen molar-refractivity contribution in [3.05, 3.63) is 83.4 Å². The topological polar surface area (TPSA) is 95.5 Å². The maximum absolute atomic E-state index is 14.5. The largest absolute Gasteiger partial charge is 0.351 e. The number of hydrogen-bond donors (Lipinski definition) is 1. The van der Waals surface area contributed by atoms with E-state index in [1.807, 2.05) is 0 Å². The van der Waals surface area contributed by atoms with Crippen LogP contribution in [0.25, 0.3) is 0 Å². The summed E-state index contributed by atoms with van der Waals surface area (Å²) in [4.78, 5) is 52.3. The van der Waals surface area contributed by atoms with Crippen molar-refractivity contribution in [2.24, 2.45) is 0 Å². The third-order valence-corrected chi connectivity index (χ3v) is 7.59. The van der Waals surface area contributed by atoms with Crippen molar-refractivity contribution in [2.45, 2.75) is 63.1 Å². The zero-order valence-corrected chi connectivity index (χ0v) is 22.1. The van der Waals surface area contributed by atoms with Crippen LogP contribution < -0.4 is 15.1 Å². The predicted octanol–water partition coefficient (Wildman–Crippen LogP) is 4.99. The fourth-order valence-electron chi connectivity index (χ4n) is 5.40. The summed E-state index contributed by atoms with van der Waals surface area (Å²) in [6.07, 6.45) is 8.08. The predicted molar refractivity (Wildman–Crippen MR) is 146 cm³/mol. The van der Waals surface area contributed by atoms with Crippen LogP contribution in [0.3, 0.4) is 0 Å². The summed E-state index contributed by atoms with van der Waals surface area (Å²) in [5.74, 6) is -1.75. The van der Waals surface area contributed by atoms with Crippen molar-refractivity contribution in [2.75, 3.05) is 9.80 Å². The van der Waals surface area contributed by atoms with Gasteiger partial charge in [-0.1, -0.05) is 55.1 Å². The smallest absolute Gasteiger partial charge is 0.251 e. The minimum absolute atomic E-state index is 0.0389. The van der Waals surface area contributed by atoms with E-state index in [0.29, 0.717) is 10.6 Å². The molecule has 39 heavy (non-hydrogen) atoms. The molecule has 2 aliphatic rings. The third kappa shape index (κ3) is 5.78. The van der Waals surface area contributed by atoms with E-state index in [0.717, 1.165) is 32.1 Å². The summed E-state index contributed by atoms with van der Waals surface area (Å²) in [6, 6.07) is 11.7. The molecule has 2 heterocycles. The van der Waals surface area contributed by atoms with Crippen LogP contribution in [0, 0.1) is 5.82 Å². The van der Waals surface area contributed by atoms with E-state index in [-0.39, 0.29) is 36.4 Å². The van der Waals surface area contributed by atoms with E-state index in [1.54, 1.807) is 36.4 Å². The van der Waals surface area contributed by atoms with Gasteiger partial charge in [-0.3, -0.25) is 24.2 Å². The van der Waals surface area contributed by atoms with Crippen molar-refractivity contribution in [3.8, 4) is 0 Å². The summed E-state index contributed by atoms with van der Waals surface area (Å²) < 4.78 is 14.5. The fraction of sp³-hybridized carbons (Fsp3) is 0.345. The van der Waals surface area contributed by atoms with Crippen molar-refractivity contribution < 1.29 is 18.8 Å². The van der Waals surface area contributed by atoms with Gasteiger partial charge in [0.15, 0.2) is 0 Å². The molecule has 0 radical (unpaired) electrons. The molecular formula is C29H29ClFN5O3. The van der Waals surface area contributed by atoms with Gasteiger partial charge in [-0.25, -0.2) is 14.4 Å². The Morgan fingerprint density at radius 1 is 1.00 bits per heavy atom. The normalized spacial score (nSPS) is 18.6. The van der Waals surface area contributed by atoms with E-state index in [9.17, 15) is 18.8 Å². The van der Waals surface area contributed by atoms with Crippen LogP contribution in [0.5, 0.6) is 0 Å². The van der Waals surface area contributed by atoms with Gasteiger partial charge in [0.05, 0.1) is 0 Å². The molecule has 10 heteroatoms. The second-order valence-corrected chi connectivity index (χ2v) is 10.2. The number of rotatable bonds is 7. The average Bonchev–Trinajstić information content (AvgIpc) is 3.34. The maximum atomic E-state index is 14.5. The zero-order valence-electron chi connectivity index (χ0n) is 21.3. The zero-order chi connectivity index (χ0) is 27.4. The van der Waals surface area contributed by atoms with Crippen LogP contribution in [0.2, 0.25) is 5.02 Å². The van der Waals surface area contributed by atoms with Gasteiger partial charge in [-0.05, 0) is 49.6 Å². The quantitative estimate of drug-likeness (QED) is 0.448. The number of benzene rings is 2. The molecule has 1 aliphatic heterocycles. The minimum Gasteiger partial charge on any atom is -0.351 e. The molecule has 1 saturated carbocycles. The van der Waals surface area contributed by atoms with Crippen molar-refractivity contribution in [1.29, 1.82) is 0 Å². The van der Waals surface area contributed by atoms with Crippen molar-refractivity contribution >= 4 is 41.0 Å². The molecule has 2 aromatic carbocycles. The number of nitrogens with zero attached hydrogens (tertiary/aromatic N) is 4. The van der Waals surface area contributed by atoms with E-state index >= 15 is 0 Å². The van der Waals surface area contributed by atoms with Gasteiger partial charge in [-0.15, -0.1) is 0 Å². The highest BCUT2D eigenvalue weighted by Gasteiger charge is 2.45. The number of carbonyl (C=O) groups excluding carboxylic acids is 3. The Labute approximate surface area is 231 Å². The molecule has 1 aliphatic carbocycles. The maximum Gasteiger partial charge on any atom is 0.251 e. The Kier molecular flexibility index (Phi) is 8.16. The van der Waals surface area contributed by atoms with Crippen molar-refractivity contribution in [1.82, 2.24) is 15.3 Å². The second kappa shape index (κ2) is 11.9. The Balaban J connectivity index is 1.61. The average molecular weight is 550 g/mol. The summed E-state index contributed by atoms with van der Waals surface area (Å²) >= 11 is 6.60. The van der Waals surface area contributed by atoms with Gasteiger partial charge < -0.3 is 5.32 Å². The van der Waals surface area contributed by atoms with E-state index in [4.69, 9.17) is 11.6 Å². The Bertz CT molecular complexity index is 1350. The summed E-state index contributed by atoms with van der Waals surface area (Å²) in [5.41, 5.74) is 0.578. The van der Waals surface area contributed by atoms with E-state index < -0.39 is 29.7 Å². The standard InChI is InChI=1S/C29H29ClFN5O3/c30-23-13-5-4-12-22(23)26(27(38)34-20-9-2-1-3-10-20)35(21-11-6-8-19(31)18-21)28(39)24-14-15-25(37)36(24)29-32-16-7-17-33-29/h4-8,11-13,16-18,20,24,26H,1-3,9-10,14-15H2,(H,34,38). The molecule has 1 N–H and O–H groups in total. The number of anilines is 2. The molecule has 3 amide bonds. The number of halogens is 2. The second-order valence-electron chi connectivity index (χ2n) is 9.82. The summed E-state index contributed by atoms with van der Waals surface area (Å²) in [5, 5.41) is 3.41. The first-order valence-electron chi connectivity index (χ1n) is 13.2. The van der Waals surface area contributed by atoms with E-state index in [1.165, 1.54) is 40.4 Å². The number of carbonyl (C=O) groups is 3. The van der Waals surface area contributed by atoms with Crippen LogP contribution >= 0.6 is 11.6 Å². The molecule has 2 fully saturated rings. The van der Waals surface area contributed by atoms with Crippen LogP contribution in [0.4, 0.5) is 16.0 Å². The first-order valence-corrected chi connectivity index (χ1v) is 13.5. The lowest BCUT2D eigenvalue weighted by Gasteiger charge is -2.36. The highest BCUT2D eigenvalue weighted by atomic mass is 35.5. The summed E-state index contributed by atoms with van der Waals surface area (Å²) in [6.45, 7) is 0. The molecule has 0 spiro atoms. The molecule has 202 valence electrons. The number of aromatic nitrogens is 2. The molecule has 1 aromatic heterocycles. The van der Waals surface area contributed by atoms with Crippen LogP contribution in [-0.2, 0) is 14.4 Å². The highest BCUT2D eigenvalue weighted by molar-refractivity contribution is 6.31. The lowest BCUT2D eigenvalue weighted by molar-refractivity contribution is -0.128. The van der Waals surface area contributed by atoms with Crippen LogP contribution in [0.15, 0.2) is 67.0 Å². The van der Waals surface area contributed by atoms with Gasteiger partial charge in [0, 0.05) is 41.1 Å². The Morgan fingerprint density at radius 3 is 2.46 bits per heavy atom. The van der Waals surface area contributed by atoms with Gasteiger partial charge in [0.1, 0.15) is 17.9 Å². The molecule has 1 saturated heterocycles. The molecule has 5 rings (SSSR count). The SMILES string of the molecule is O=C(NC1CCCCC1)C(c1ccccc1Cl)N(C(=O)C1CCC(=O)N1c1ncccn1)c1cccc(F)c1. The van der Waals surface area contributed by atoms with Gasteiger partial charge in [-0.2, -0.15) is 0 Å². The highest BCUT2D eigenvalue weighted by Crippen LogP contribution is 2.36. The molecule has 8 nitrogen and oxygen atoms in total. The van der Waals surface area contributed by atoms with Gasteiger partial charge in [0.25, 0.3) is 5.91 Å². The fourth-order valence-corrected chi connectivity index (χ4v) is 5.63. The first kappa shape index (κ1) is 26.7. The molecular weight excluding hydrogens is 521 g/mol. The number of amides is 3. The first-order chi connectivity index (χ1) is 18.9. The molecule has 2 unspecified atom stereocenters. The number of nitrogens with one attached hydrogen (secondary N) is 1. The molecule has 3 aromatic rings. The lowest BCUT2D eigenvalue weighted by atomic mass is 9.94. The lowest BCUT2D eigenvalue weighted by Crippen LogP contribution is -2.53. The minimum atomic E-state index is -1.20. The molecule has 2 atom stereocenters. The number of hydrogen-bond acceptors (Lipinski definition) is 5. The molecule has 0 bridgehead atoms. The monoisotopic (exact) mass is 549 g/mol. The van der Waals surface area contributed by atoms with E-state index in [2.05, 4.69) is 15.3 Å². The van der Waals surface area contributed by atoms with Crippen LogP contribution in [-0.4, -0.2) is 39.8 Å².